The number of aromatic nitrogens is 3. The van der Waals surface area contributed by atoms with Gasteiger partial charge in [0.2, 0.25) is 0 Å². The lowest BCUT2D eigenvalue weighted by Gasteiger charge is -2.18. The molecule has 3 aromatic heterocycles. The molecule has 0 amide bonds. The summed E-state index contributed by atoms with van der Waals surface area (Å²) in [5, 5.41) is 4.79. The number of aryl methyl sites for hydroxylation is 4. The standard InChI is InChI=1S/C19H24N4O2S/c1-11-14(4)26-18-17(11)19(24)23(9-15-12(2)21-25-13(15)3)16(20-18)10-22-7-5-6-8-22/h5-10H2,1-4H3. The molecule has 0 N–H and O–H groups in total. The molecule has 0 aromatic carbocycles. The Bertz CT molecular complexity index is 1000. The first-order valence-corrected chi connectivity index (χ1v) is 9.91. The van der Waals surface area contributed by atoms with Crippen LogP contribution < -0.4 is 5.56 Å². The van der Waals surface area contributed by atoms with Crippen LogP contribution in [0.1, 0.15) is 46.1 Å². The highest BCUT2D eigenvalue weighted by atomic mass is 32.1. The van der Waals surface area contributed by atoms with Crippen molar-refractivity contribution in [2.75, 3.05) is 13.1 Å². The van der Waals surface area contributed by atoms with Gasteiger partial charge >= 0.3 is 0 Å². The molecule has 3 aromatic rings. The smallest absolute Gasteiger partial charge is 0.262 e. The highest BCUT2D eigenvalue weighted by molar-refractivity contribution is 7.18. The molecule has 138 valence electrons. The number of hydrogen-bond acceptors (Lipinski definition) is 6. The van der Waals surface area contributed by atoms with Crippen molar-refractivity contribution in [3.8, 4) is 0 Å². The van der Waals surface area contributed by atoms with Crippen LogP contribution in [0.25, 0.3) is 10.2 Å². The average molecular weight is 372 g/mol. The maximum Gasteiger partial charge on any atom is 0.262 e. The minimum Gasteiger partial charge on any atom is -0.361 e. The molecule has 0 radical (unpaired) electrons. The van der Waals surface area contributed by atoms with Crippen molar-refractivity contribution in [3.05, 3.63) is 43.6 Å². The molecule has 7 heteroatoms. The summed E-state index contributed by atoms with van der Waals surface area (Å²) in [6.07, 6.45) is 2.43. The quantitative estimate of drug-likeness (QED) is 0.703. The molecule has 4 heterocycles. The number of likely N-dealkylation sites (tertiary alicyclic amines) is 1. The third-order valence-electron chi connectivity index (χ3n) is 5.43. The van der Waals surface area contributed by atoms with Crippen LogP contribution in [0.2, 0.25) is 0 Å². The van der Waals surface area contributed by atoms with E-state index in [0.29, 0.717) is 13.1 Å². The third-order valence-corrected chi connectivity index (χ3v) is 6.53. The van der Waals surface area contributed by atoms with Crippen LogP contribution in [-0.4, -0.2) is 32.7 Å². The van der Waals surface area contributed by atoms with Gasteiger partial charge in [0.05, 0.1) is 24.2 Å². The second kappa shape index (κ2) is 6.63. The van der Waals surface area contributed by atoms with Gasteiger partial charge in [-0.15, -0.1) is 11.3 Å². The van der Waals surface area contributed by atoms with E-state index in [0.717, 1.165) is 56.6 Å². The third kappa shape index (κ3) is 2.89. The van der Waals surface area contributed by atoms with E-state index in [2.05, 4.69) is 17.0 Å². The van der Waals surface area contributed by atoms with Gasteiger partial charge in [0.15, 0.2) is 0 Å². The van der Waals surface area contributed by atoms with Crippen molar-refractivity contribution in [2.45, 2.75) is 53.6 Å². The van der Waals surface area contributed by atoms with Crippen molar-refractivity contribution in [3.63, 3.8) is 0 Å². The van der Waals surface area contributed by atoms with Gasteiger partial charge in [0, 0.05) is 10.4 Å². The summed E-state index contributed by atoms with van der Waals surface area (Å²) in [5.41, 5.74) is 2.90. The van der Waals surface area contributed by atoms with Crippen molar-refractivity contribution in [1.29, 1.82) is 0 Å². The predicted octanol–water partition coefficient (Wildman–Crippen LogP) is 3.32. The van der Waals surface area contributed by atoms with E-state index in [1.807, 2.05) is 25.3 Å². The summed E-state index contributed by atoms with van der Waals surface area (Å²) < 4.78 is 7.13. The molecule has 1 aliphatic heterocycles. The molecule has 6 nitrogen and oxygen atoms in total. The van der Waals surface area contributed by atoms with Crippen LogP contribution in [0.5, 0.6) is 0 Å². The fraction of sp³-hybridized carbons (Fsp3) is 0.526. The second-order valence-electron chi connectivity index (χ2n) is 7.17. The zero-order chi connectivity index (χ0) is 18.4. The molecular formula is C19H24N4O2S. The molecule has 4 rings (SSSR count). The number of nitrogens with zero attached hydrogens (tertiary/aromatic N) is 4. The summed E-state index contributed by atoms with van der Waals surface area (Å²) >= 11 is 1.61. The molecule has 0 spiro atoms. The summed E-state index contributed by atoms with van der Waals surface area (Å²) in [4.78, 5) is 22.7. The summed E-state index contributed by atoms with van der Waals surface area (Å²) in [6, 6.07) is 0. The normalized spacial score (nSPS) is 15.4. The maximum atomic E-state index is 13.4. The molecule has 26 heavy (non-hydrogen) atoms. The van der Waals surface area contributed by atoms with E-state index in [4.69, 9.17) is 9.51 Å². The Kier molecular flexibility index (Phi) is 4.44. The number of fused-ring (bicyclic) bond motifs is 1. The summed E-state index contributed by atoms with van der Waals surface area (Å²) in [7, 11) is 0. The Morgan fingerprint density at radius 3 is 2.50 bits per heavy atom. The van der Waals surface area contributed by atoms with Gasteiger partial charge in [-0.3, -0.25) is 14.3 Å². The van der Waals surface area contributed by atoms with Crippen molar-refractivity contribution in [2.24, 2.45) is 0 Å². The van der Waals surface area contributed by atoms with E-state index in [9.17, 15) is 4.79 Å². The molecule has 1 aliphatic rings. The molecule has 0 bridgehead atoms. The zero-order valence-corrected chi connectivity index (χ0v) is 16.6. The van der Waals surface area contributed by atoms with Gasteiger partial charge in [-0.1, -0.05) is 5.16 Å². The van der Waals surface area contributed by atoms with Crippen LogP contribution >= 0.6 is 11.3 Å². The number of hydrogen-bond donors (Lipinski definition) is 0. The van der Waals surface area contributed by atoms with E-state index in [1.165, 1.54) is 12.8 Å². The SMILES string of the molecule is Cc1noc(C)c1Cn1c(CN2CCCC2)nc2sc(C)c(C)c2c1=O. The lowest BCUT2D eigenvalue weighted by atomic mass is 10.2. The first-order chi connectivity index (χ1) is 12.5. The van der Waals surface area contributed by atoms with Crippen LogP contribution in [0.3, 0.4) is 0 Å². The highest BCUT2D eigenvalue weighted by Crippen LogP contribution is 2.27. The van der Waals surface area contributed by atoms with E-state index in [1.54, 1.807) is 11.3 Å². The average Bonchev–Trinajstić information content (AvgIpc) is 3.28. The molecular weight excluding hydrogens is 348 g/mol. The summed E-state index contributed by atoms with van der Waals surface area (Å²) in [6.45, 7) is 11.2. The Morgan fingerprint density at radius 2 is 1.85 bits per heavy atom. The van der Waals surface area contributed by atoms with Crippen LogP contribution in [0, 0.1) is 27.7 Å². The Morgan fingerprint density at radius 1 is 1.12 bits per heavy atom. The van der Waals surface area contributed by atoms with Gasteiger partial charge in [-0.05, 0) is 59.2 Å². The first kappa shape index (κ1) is 17.4. The number of thiophene rings is 1. The maximum absolute atomic E-state index is 13.4. The molecule has 0 saturated carbocycles. The minimum absolute atomic E-state index is 0.0473. The lowest BCUT2D eigenvalue weighted by Crippen LogP contribution is -2.30. The van der Waals surface area contributed by atoms with Gasteiger partial charge in [-0.25, -0.2) is 4.98 Å². The molecule has 1 fully saturated rings. The summed E-state index contributed by atoms with van der Waals surface area (Å²) in [5.74, 6) is 1.60. The minimum atomic E-state index is 0.0473. The van der Waals surface area contributed by atoms with Crippen molar-refractivity contribution >= 4 is 21.6 Å². The molecule has 0 aliphatic carbocycles. The second-order valence-corrected chi connectivity index (χ2v) is 8.37. The predicted molar refractivity (Wildman–Crippen MR) is 103 cm³/mol. The van der Waals surface area contributed by atoms with Crippen molar-refractivity contribution < 1.29 is 4.52 Å². The van der Waals surface area contributed by atoms with Gasteiger partial charge < -0.3 is 4.52 Å². The van der Waals surface area contributed by atoms with E-state index in [-0.39, 0.29) is 5.56 Å². The van der Waals surface area contributed by atoms with E-state index >= 15 is 0 Å². The largest absolute Gasteiger partial charge is 0.361 e. The highest BCUT2D eigenvalue weighted by Gasteiger charge is 2.21. The van der Waals surface area contributed by atoms with Crippen LogP contribution in [-0.2, 0) is 13.1 Å². The van der Waals surface area contributed by atoms with Crippen LogP contribution in [0.4, 0.5) is 0 Å². The monoisotopic (exact) mass is 372 g/mol. The zero-order valence-electron chi connectivity index (χ0n) is 15.8. The Labute approximate surface area is 156 Å². The topological polar surface area (TPSA) is 64.2 Å². The van der Waals surface area contributed by atoms with Gasteiger partial charge in [0.25, 0.3) is 5.56 Å². The van der Waals surface area contributed by atoms with Crippen LogP contribution in [0.15, 0.2) is 9.32 Å². The van der Waals surface area contributed by atoms with Gasteiger partial charge in [0.1, 0.15) is 16.4 Å². The molecule has 0 unspecified atom stereocenters. The van der Waals surface area contributed by atoms with Crippen molar-refractivity contribution in [1.82, 2.24) is 19.6 Å². The first-order valence-electron chi connectivity index (χ1n) is 9.09. The van der Waals surface area contributed by atoms with Gasteiger partial charge in [-0.2, -0.15) is 0 Å². The Balaban J connectivity index is 1.87. The molecule has 1 saturated heterocycles. The molecule has 0 atom stereocenters. The number of rotatable bonds is 4. The Hall–Kier alpha value is -1.99. The lowest BCUT2D eigenvalue weighted by molar-refractivity contribution is 0.315. The fourth-order valence-corrected chi connectivity index (χ4v) is 4.72. The fourth-order valence-electron chi connectivity index (χ4n) is 3.68. The van der Waals surface area contributed by atoms with E-state index < -0.39 is 0 Å².